The van der Waals surface area contributed by atoms with Gasteiger partial charge in [0.1, 0.15) is 17.3 Å². The second-order valence-corrected chi connectivity index (χ2v) is 3.49. The summed E-state index contributed by atoms with van der Waals surface area (Å²) in [6, 6.07) is 2.58. The van der Waals surface area contributed by atoms with E-state index in [1.54, 1.807) is 6.92 Å². The highest BCUT2D eigenvalue weighted by Crippen LogP contribution is 2.37. The third-order valence-corrected chi connectivity index (χ3v) is 2.12. The van der Waals surface area contributed by atoms with Crippen molar-refractivity contribution in [2.45, 2.75) is 12.3 Å². The quantitative estimate of drug-likeness (QED) is 0.726. The van der Waals surface area contributed by atoms with Crippen LogP contribution in [0.15, 0.2) is 12.1 Å². The van der Waals surface area contributed by atoms with Crippen molar-refractivity contribution in [3.05, 3.63) is 23.5 Å². The van der Waals surface area contributed by atoms with Crippen molar-refractivity contribution in [2.24, 2.45) is 0 Å². The van der Waals surface area contributed by atoms with Gasteiger partial charge in [-0.25, -0.2) is 4.39 Å². The van der Waals surface area contributed by atoms with E-state index in [0.717, 1.165) is 0 Å². The Morgan fingerprint density at radius 2 is 1.64 bits per heavy atom. The van der Waals surface area contributed by atoms with E-state index in [-0.39, 0.29) is 5.38 Å². The zero-order chi connectivity index (χ0) is 10.7. The molecule has 0 amide bonds. The number of hydrogen-bond donors (Lipinski definition) is 0. The number of halogens is 2. The zero-order valence-corrected chi connectivity index (χ0v) is 9.06. The van der Waals surface area contributed by atoms with E-state index in [2.05, 4.69) is 0 Å². The molecular formula is C10H12ClFO2. The van der Waals surface area contributed by atoms with Gasteiger partial charge >= 0.3 is 0 Å². The van der Waals surface area contributed by atoms with E-state index in [1.807, 2.05) is 0 Å². The fourth-order valence-electron chi connectivity index (χ4n) is 1.30. The molecule has 0 aliphatic carbocycles. The Labute approximate surface area is 87.6 Å². The highest BCUT2D eigenvalue weighted by molar-refractivity contribution is 6.21. The molecule has 0 N–H and O–H groups in total. The number of rotatable bonds is 3. The summed E-state index contributed by atoms with van der Waals surface area (Å²) in [6.07, 6.45) is 0. The predicted octanol–water partition coefficient (Wildman–Crippen LogP) is 3.14. The van der Waals surface area contributed by atoms with Crippen LogP contribution in [0, 0.1) is 5.82 Å². The van der Waals surface area contributed by atoms with Crippen LogP contribution in [0.4, 0.5) is 4.39 Å². The van der Waals surface area contributed by atoms with Crippen LogP contribution in [0.2, 0.25) is 0 Å². The van der Waals surface area contributed by atoms with Crippen molar-refractivity contribution in [3.63, 3.8) is 0 Å². The van der Waals surface area contributed by atoms with Gasteiger partial charge < -0.3 is 9.47 Å². The first-order valence-electron chi connectivity index (χ1n) is 4.15. The maximum atomic E-state index is 13.0. The first-order chi connectivity index (χ1) is 6.60. The summed E-state index contributed by atoms with van der Waals surface area (Å²) in [5, 5.41) is -0.291. The third-order valence-electron chi connectivity index (χ3n) is 1.91. The molecular weight excluding hydrogens is 207 g/mol. The van der Waals surface area contributed by atoms with E-state index in [9.17, 15) is 4.39 Å². The molecule has 1 rings (SSSR count). The van der Waals surface area contributed by atoms with Crippen LogP contribution in [0.5, 0.6) is 11.5 Å². The Bertz CT molecular complexity index is 301. The van der Waals surface area contributed by atoms with Crippen molar-refractivity contribution < 1.29 is 13.9 Å². The molecule has 0 spiro atoms. The summed E-state index contributed by atoms with van der Waals surface area (Å²) in [7, 11) is 2.94. The molecule has 0 aliphatic heterocycles. The number of hydrogen-bond acceptors (Lipinski definition) is 2. The molecule has 0 heterocycles. The van der Waals surface area contributed by atoms with E-state index in [1.165, 1.54) is 26.4 Å². The second-order valence-electron chi connectivity index (χ2n) is 2.84. The van der Waals surface area contributed by atoms with E-state index in [0.29, 0.717) is 17.1 Å². The van der Waals surface area contributed by atoms with Gasteiger partial charge in [-0.1, -0.05) is 0 Å². The lowest BCUT2D eigenvalue weighted by molar-refractivity contribution is 0.380. The van der Waals surface area contributed by atoms with Gasteiger partial charge in [0.2, 0.25) is 0 Å². The second kappa shape index (κ2) is 4.51. The first kappa shape index (κ1) is 11.1. The molecule has 0 aliphatic rings. The summed E-state index contributed by atoms with van der Waals surface area (Å²) in [5.74, 6) is 0.411. The molecule has 0 aromatic heterocycles. The number of alkyl halides is 1. The molecule has 0 saturated carbocycles. The maximum Gasteiger partial charge on any atom is 0.130 e. The molecule has 1 atom stereocenters. The van der Waals surface area contributed by atoms with Gasteiger partial charge in [-0.05, 0) is 6.92 Å². The van der Waals surface area contributed by atoms with E-state index < -0.39 is 5.82 Å². The average molecular weight is 219 g/mol. The predicted molar refractivity (Wildman–Crippen MR) is 53.8 cm³/mol. The van der Waals surface area contributed by atoms with Crippen LogP contribution in [0.1, 0.15) is 17.9 Å². The molecule has 1 unspecified atom stereocenters. The van der Waals surface area contributed by atoms with Gasteiger partial charge in [-0.15, -0.1) is 11.6 Å². The molecule has 78 valence electrons. The Morgan fingerprint density at radius 3 is 1.93 bits per heavy atom. The normalized spacial score (nSPS) is 12.4. The molecule has 1 aromatic rings. The zero-order valence-electron chi connectivity index (χ0n) is 8.30. The third kappa shape index (κ3) is 2.10. The monoisotopic (exact) mass is 218 g/mol. The maximum absolute atomic E-state index is 13.0. The lowest BCUT2D eigenvalue weighted by Gasteiger charge is -2.14. The van der Waals surface area contributed by atoms with E-state index in [4.69, 9.17) is 21.1 Å². The molecule has 0 fully saturated rings. The summed E-state index contributed by atoms with van der Waals surface area (Å²) in [4.78, 5) is 0. The molecule has 0 radical (unpaired) electrons. The first-order valence-corrected chi connectivity index (χ1v) is 4.59. The number of ether oxygens (including phenoxy) is 2. The van der Waals surface area contributed by atoms with Crippen LogP contribution >= 0.6 is 11.6 Å². The minimum atomic E-state index is -0.403. The molecule has 2 nitrogen and oxygen atoms in total. The number of benzene rings is 1. The van der Waals surface area contributed by atoms with Crippen LogP contribution in [0.3, 0.4) is 0 Å². The van der Waals surface area contributed by atoms with Crippen molar-refractivity contribution in [2.75, 3.05) is 14.2 Å². The van der Waals surface area contributed by atoms with Gasteiger partial charge in [-0.3, -0.25) is 0 Å². The molecule has 0 bridgehead atoms. The SMILES string of the molecule is COc1cc(F)cc(OC)c1C(C)Cl. The number of methoxy groups -OCH3 is 2. The lowest BCUT2D eigenvalue weighted by atomic mass is 10.1. The Balaban J connectivity index is 3.33. The Kier molecular flexibility index (Phi) is 3.58. The van der Waals surface area contributed by atoms with E-state index >= 15 is 0 Å². The highest BCUT2D eigenvalue weighted by Gasteiger charge is 2.16. The minimum Gasteiger partial charge on any atom is -0.496 e. The van der Waals surface area contributed by atoms with Crippen molar-refractivity contribution in [1.29, 1.82) is 0 Å². The molecule has 1 aromatic carbocycles. The lowest BCUT2D eigenvalue weighted by Crippen LogP contribution is -1.98. The Morgan fingerprint density at radius 1 is 1.21 bits per heavy atom. The van der Waals surface area contributed by atoms with Crippen molar-refractivity contribution >= 4 is 11.6 Å². The smallest absolute Gasteiger partial charge is 0.130 e. The van der Waals surface area contributed by atoms with Gasteiger partial charge in [0, 0.05) is 12.1 Å². The Hall–Kier alpha value is -0.960. The molecule has 0 saturated heterocycles. The van der Waals surface area contributed by atoms with Gasteiger partial charge in [0.25, 0.3) is 0 Å². The fourth-order valence-corrected chi connectivity index (χ4v) is 1.51. The standard InChI is InChI=1S/C10H12ClFO2/c1-6(11)10-8(13-2)4-7(12)5-9(10)14-3/h4-6H,1-3H3. The van der Waals surface area contributed by atoms with Crippen LogP contribution in [-0.2, 0) is 0 Å². The molecule has 4 heteroatoms. The van der Waals surface area contributed by atoms with Crippen LogP contribution in [0.25, 0.3) is 0 Å². The minimum absolute atomic E-state index is 0.291. The van der Waals surface area contributed by atoms with Gasteiger partial charge in [0.05, 0.1) is 25.2 Å². The molecule has 14 heavy (non-hydrogen) atoms. The van der Waals surface area contributed by atoms with Gasteiger partial charge in [0.15, 0.2) is 0 Å². The average Bonchev–Trinajstić information content (AvgIpc) is 2.15. The highest BCUT2D eigenvalue weighted by atomic mass is 35.5. The topological polar surface area (TPSA) is 18.5 Å². The van der Waals surface area contributed by atoms with Crippen molar-refractivity contribution in [3.8, 4) is 11.5 Å². The summed E-state index contributed by atoms with van der Waals surface area (Å²) in [6.45, 7) is 1.78. The summed E-state index contributed by atoms with van der Waals surface area (Å²) >= 11 is 5.94. The van der Waals surface area contributed by atoms with Crippen LogP contribution < -0.4 is 9.47 Å². The fraction of sp³-hybridized carbons (Fsp3) is 0.400. The summed E-state index contributed by atoms with van der Waals surface area (Å²) < 4.78 is 23.1. The summed E-state index contributed by atoms with van der Waals surface area (Å²) in [5.41, 5.74) is 0.665. The van der Waals surface area contributed by atoms with Gasteiger partial charge in [-0.2, -0.15) is 0 Å². The van der Waals surface area contributed by atoms with Crippen LogP contribution in [-0.4, -0.2) is 14.2 Å². The van der Waals surface area contributed by atoms with Crippen molar-refractivity contribution in [1.82, 2.24) is 0 Å². The largest absolute Gasteiger partial charge is 0.496 e.